The number of anilines is 1. The predicted octanol–water partition coefficient (Wildman–Crippen LogP) is 4.98. The van der Waals surface area contributed by atoms with E-state index in [2.05, 4.69) is 74.5 Å². The number of amides is 1. The van der Waals surface area contributed by atoms with Crippen LogP contribution in [0.25, 0.3) is 0 Å². The second kappa shape index (κ2) is 9.49. The number of carbonyl (C=O) groups excluding carboxylic acids is 1. The highest BCUT2D eigenvalue weighted by atomic mass is 16.5. The van der Waals surface area contributed by atoms with E-state index in [-0.39, 0.29) is 22.2 Å². The van der Waals surface area contributed by atoms with Crippen molar-refractivity contribution in [2.45, 2.75) is 71.8 Å². The number of pyridine rings is 1. The molecule has 38 heavy (non-hydrogen) atoms. The topological polar surface area (TPSA) is 94.0 Å². The lowest BCUT2D eigenvalue weighted by atomic mass is 9.58. The van der Waals surface area contributed by atoms with Gasteiger partial charge in [0.05, 0.1) is 17.7 Å². The monoisotopic (exact) mass is 516 g/mol. The van der Waals surface area contributed by atoms with Gasteiger partial charge in [0, 0.05) is 36.8 Å². The summed E-state index contributed by atoms with van der Waals surface area (Å²) in [6.07, 6.45) is 3.76. The molecule has 5 rings (SSSR count). The zero-order chi connectivity index (χ0) is 27.3. The van der Waals surface area contributed by atoms with Crippen molar-refractivity contribution in [2.75, 3.05) is 18.5 Å². The first-order valence-electron chi connectivity index (χ1n) is 13.5. The van der Waals surface area contributed by atoms with E-state index in [1.807, 2.05) is 29.8 Å². The van der Waals surface area contributed by atoms with Gasteiger partial charge in [-0.05, 0) is 47.9 Å². The van der Waals surface area contributed by atoms with Gasteiger partial charge >= 0.3 is 0 Å². The maximum Gasteiger partial charge on any atom is 0.274 e. The van der Waals surface area contributed by atoms with Crippen LogP contribution in [0.2, 0.25) is 0 Å². The Kier molecular flexibility index (Phi) is 6.58. The lowest BCUT2D eigenvalue weighted by molar-refractivity contribution is 0.102. The lowest BCUT2D eigenvalue weighted by Gasteiger charge is -2.46. The molecule has 0 saturated heterocycles. The van der Waals surface area contributed by atoms with Gasteiger partial charge in [0.1, 0.15) is 23.6 Å². The van der Waals surface area contributed by atoms with Crippen LogP contribution >= 0.6 is 0 Å². The molecule has 3 heterocycles. The minimum Gasteiger partial charge on any atom is -0.490 e. The summed E-state index contributed by atoms with van der Waals surface area (Å²) in [5.41, 5.74) is 3.82. The van der Waals surface area contributed by atoms with Gasteiger partial charge in [-0.3, -0.25) is 4.79 Å². The maximum absolute atomic E-state index is 13.5. The van der Waals surface area contributed by atoms with Gasteiger partial charge in [0.15, 0.2) is 0 Å². The van der Waals surface area contributed by atoms with Crippen molar-refractivity contribution in [2.24, 2.45) is 18.4 Å². The first kappa shape index (κ1) is 26.4. The van der Waals surface area contributed by atoms with E-state index in [0.717, 1.165) is 53.5 Å². The Labute approximate surface area is 225 Å². The van der Waals surface area contributed by atoms with Crippen LogP contribution in [0.1, 0.15) is 87.5 Å². The number of carbonyl (C=O) groups is 1. The molecule has 0 spiro atoms. The molecule has 0 bridgehead atoms. The summed E-state index contributed by atoms with van der Waals surface area (Å²) in [5.74, 6) is 2.16. The van der Waals surface area contributed by atoms with Gasteiger partial charge in [-0.2, -0.15) is 0 Å². The Morgan fingerprint density at radius 1 is 1.21 bits per heavy atom. The summed E-state index contributed by atoms with van der Waals surface area (Å²) in [5, 5.41) is 15.2. The fourth-order valence-electron chi connectivity index (χ4n) is 5.83. The second-order valence-corrected chi connectivity index (χ2v) is 13.1. The number of nitrogens with zero attached hydrogens (tertiary/aromatic N) is 4. The molecule has 1 amide bonds. The quantitative estimate of drug-likeness (QED) is 0.460. The van der Waals surface area contributed by atoms with Gasteiger partial charge in [-0.15, -0.1) is 10.2 Å². The SMILES string of the molecule is CC1CC(c2cccc(NC(=O)c3cc(CNCC(C)(C)C)c4c(n3)C(C)(C)CO4)c2)(c2nncn2C)C1. The number of benzene rings is 1. The first-order valence-corrected chi connectivity index (χ1v) is 13.5. The van der Waals surface area contributed by atoms with E-state index < -0.39 is 0 Å². The minimum absolute atomic E-state index is 0.155. The third-order valence-electron chi connectivity index (χ3n) is 7.68. The van der Waals surface area contributed by atoms with Gasteiger partial charge in [0.25, 0.3) is 5.91 Å². The summed E-state index contributed by atoms with van der Waals surface area (Å²) in [7, 11) is 1.99. The minimum atomic E-state index is -0.256. The van der Waals surface area contributed by atoms with Crippen LogP contribution < -0.4 is 15.4 Å². The summed E-state index contributed by atoms with van der Waals surface area (Å²) in [6.45, 7) is 15.1. The molecule has 0 radical (unpaired) electrons. The van der Waals surface area contributed by atoms with E-state index >= 15 is 0 Å². The number of rotatable bonds is 7. The number of hydrogen-bond donors (Lipinski definition) is 2. The van der Waals surface area contributed by atoms with Crippen molar-refractivity contribution in [3.05, 3.63) is 65.0 Å². The van der Waals surface area contributed by atoms with Crippen molar-refractivity contribution >= 4 is 11.6 Å². The van der Waals surface area contributed by atoms with E-state index in [1.54, 1.807) is 6.33 Å². The molecule has 2 N–H and O–H groups in total. The normalized spacial score (nSPS) is 21.9. The molecule has 1 aliphatic carbocycles. The van der Waals surface area contributed by atoms with E-state index in [9.17, 15) is 4.79 Å². The molecule has 1 fully saturated rings. The van der Waals surface area contributed by atoms with Crippen molar-refractivity contribution in [3.63, 3.8) is 0 Å². The molecule has 2 aliphatic rings. The molecule has 1 aromatic carbocycles. The molecule has 8 nitrogen and oxygen atoms in total. The number of nitrogens with one attached hydrogen (secondary N) is 2. The fourth-order valence-corrected chi connectivity index (χ4v) is 5.83. The van der Waals surface area contributed by atoms with Crippen LogP contribution in [0.3, 0.4) is 0 Å². The standard InChI is InChI=1S/C30H40N6O2/c1-19-13-30(14-19,27-35-32-18-36(27)7)21-9-8-10-22(12-21)33-26(37)23-11-20(15-31-16-28(2,3)4)24-25(34-23)29(5,6)17-38-24/h8-12,18-19,31H,13-17H2,1-7H3,(H,33,37). The van der Waals surface area contributed by atoms with Crippen molar-refractivity contribution in [3.8, 4) is 5.75 Å². The lowest BCUT2D eigenvalue weighted by Crippen LogP contribution is -2.43. The van der Waals surface area contributed by atoms with E-state index in [0.29, 0.717) is 24.8 Å². The van der Waals surface area contributed by atoms with Gasteiger partial charge in [-0.1, -0.05) is 53.7 Å². The number of ether oxygens (including phenoxy) is 1. The Morgan fingerprint density at radius 3 is 2.63 bits per heavy atom. The summed E-state index contributed by atoms with van der Waals surface area (Å²) in [6, 6.07) is 10.00. The molecule has 0 unspecified atom stereocenters. The molecule has 202 valence electrons. The molecule has 1 aliphatic heterocycles. The van der Waals surface area contributed by atoms with Gasteiger partial charge < -0.3 is 19.9 Å². The average Bonchev–Trinajstić information content (AvgIpc) is 3.38. The molecule has 8 heteroatoms. The largest absolute Gasteiger partial charge is 0.490 e. The second-order valence-electron chi connectivity index (χ2n) is 13.1. The number of aryl methyl sites for hydroxylation is 1. The van der Waals surface area contributed by atoms with Crippen LogP contribution in [0.5, 0.6) is 5.75 Å². The van der Waals surface area contributed by atoms with Crippen molar-refractivity contribution in [1.82, 2.24) is 25.1 Å². The van der Waals surface area contributed by atoms with Crippen LogP contribution in [0, 0.1) is 11.3 Å². The molecule has 2 aromatic heterocycles. The molecular formula is C30H40N6O2. The maximum atomic E-state index is 13.5. The number of fused-ring (bicyclic) bond motifs is 1. The highest BCUT2D eigenvalue weighted by Gasteiger charge is 2.48. The third-order valence-corrected chi connectivity index (χ3v) is 7.68. The summed E-state index contributed by atoms with van der Waals surface area (Å²) in [4.78, 5) is 18.3. The fraction of sp³-hybridized carbons (Fsp3) is 0.533. The van der Waals surface area contributed by atoms with Crippen molar-refractivity contribution < 1.29 is 9.53 Å². The zero-order valence-corrected chi connectivity index (χ0v) is 23.7. The first-order chi connectivity index (χ1) is 17.9. The molecule has 3 aromatic rings. The van der Waals surface area contributed by atoms with Crippen LogP contribution in [0.15, 0.2) is 36.7 Å². The van der Waals surface area contributed by atoms with Crippen LogP contribution in [0.4, 0.5) is 5.69 Å². The molecule has 0 atom stereocenters. The van der Waals surface area contributed by atoms with Gasteiger partial charge in [-0.25, -0.2) is 4.98 Å². The van der Waals surface area contributed by atoms with Gasteiger partial charge in [0.2, 0.25) is 0 Å². The van der Waals surface area contributed by atoms with Crippen LogP contribution in [-0.2, 0) is 24.4 Å². The van der Waals surface area contributed by atoms with E-state index in [4.69, 9.17) is 9.72 Å². The van der Waals surface area contributed by atoms with Crippen molar-refractivity contribution in [1.29, 1.82) is 0 Å². The van der Waals surface area contributed by atoms with Crippen LogP contribution in [-0.4, -0.2) is 38.8 Å². The number of hydrogen-bond acceptors (Lipinski definition) is 6. The third kappa shape index (κ3) is 4.94. The highest BCUT2D eigenvalue weighted by Crippen LogP contribution is 2.51. The summed E-state index contributed by atoms with van der Waals surface area (Å²) < 4.78 is 8.06. The summed E-state index contributed by atoms with van der Waals surface area (Å²) >= 11 is 0. The Balaban J connectivity index is 1.42. The zero-order valence-electron chi connectivity index (χ0n) is 23.7. The Morgan fingerprint density at radius 2 is 1.97 bits per heavy atom. The van der Waals surface area contributed by atoms with E-state index in [1.165, 1.54) is 0 Å². The molecular weight excluding hydrogens is 476 g/mol. The smallest absolute Gasteiger partial charge is 0.274 e. The Bertz CT molecular complexity index is 1350. The average molecular weight is 517 g/mol. The number of aromatic nitrogens is 4. The Hall–Kier alpha value is -3.26. The highest BCUT2D eigenvalue weighted by molar-refractivity contribution is 6.03. The predicted molar refractivity (Wildman–Crippen MR) is 148 cm³/mol. The molecule has 1 saturated carbocycles.